The lowest BCUT2D eigenvalue weighted by molar-refractivity contribution is 0.102. The molecule has 1 aromatic carbocycles. The summed E-state index contributed by atoms with van der Waals surface area (Å²) in [6.45, 7) is 6.75. The Labute approximate surface area is 78.5 Å². The van der Waals surface area contributed by atoms with Crippen LogP contribution in [-0.2, 0) is 0 Å². The van der Waals surface area contributed by atoms with Gasteiger partial charge < -0.3 is 9.47 Å². The highest BCUT2D eigenvalue weighted by molar-refractivity contribution is 5.51. The molecule has 13 heavy (non-hydrogen) atoms. The van der Waals surface area contributed by atoms with Gasteiger partial charge in [-0.3, -0.25) is 0 Å². The van der Waals surface area contributed by atoms with Crippen molar-refractivity contribution in [1.29, 1.82) is 0 Å². The largest absolute Gasteiger partial charge is 0.486 e. The second-order valence-electron chi connectivity index (χ2n) is 3.60. The first-order valence-electron chi connectivity index (χ1n) is 4.58. The van der Waals surface area contributed by atoms with Crippen LogP contribution in [0.3, 0.4) is 0 Å². The molecule has 0 aromatic heterocycles. The van der Waals surface area contributed by atoms with E-state index in [2.05, 4.69) is 12.1 Å². The fourth-order valence-electron chi connectivity index (χ4n) is 1.52. The molecule has 1 aromatic rings. The quantitative estimate of drug-likeness (QED) is 0.607. The summed E-state index contributed by atoms with van der Waals surface area (Å²) in [4.78, 5) is 0. The summed E-state index contributed by atoms with van der Waals surface area (Å²) in [6.07, 6.45) is 0.160. The number of hydrogen-bond acceptors (Lipinski definition) is 2. The molecule has 0 bridgehead atoms. The van der Waals surface area contributed by atoms with Gasteiger partial charge in [-0.15, -0.1) is 0 Å². The number of rotatable bonds is 0. The molecular weight excluding hydrogens is 164 g/mol. The molecule has 0 aliphatic carbocycles. The van der Waals surface area contributed by atoms with E-state index in [1.165, 1.54) is 0 Å². The third kappa shape index (κ3) is 1.37. The van der Waals surface area contributed by atoms with E-state index >= 15 is 0 Å². The van der Waals surface area contributed by atoms with Gasteiger partial charge in [0.2, 0.25) is 0 Å². The van der Waals surface area contributed by atoms with E-state index in [0.29, 0.717) is 6.61 Å². The molecule has 0 radical (unpaired) electrons. The smallest absolute Gasteiger partial charge is 0.164 e. The topological polar surface area (TPSA) is 18.5 Å². The molecule has 0 spiro atoms. The lowest BCUT2D eigenvalue weighted by atomic mass is 10.1. The number of fused-ring (bicyclic) bond motifs is 1. The van der Waals surface area contributed by atoms with E-state index in [4.69, 9.17) is 9.47 Å². The second-order valence-corrected chi connectivity index (χ2v) is 3.60. The fraction of sp³-hybridized carbons (Fsp3) is 0.455. The van der Waals surface area contributed by atoms with Crippen molar-refractivity contribution in [1.82, 2.24) is 0 Å². The first-order chi connectivity index (χ1) is 6.18. The zero-order valence-electron chi connectivity index (χ0n) is 8.26. The summed E-state index contributed by atoms with van der Waals surface area (Å²) in [7, 11) is 0. The second kappa shape index (κ2) is 2.95. The minimum atomic E-state index is 0.160. The summed E-state index contributed by atoms with van der Waals surface area (Å²) in [6, 6.07) is 4.13. The molecule has 2 nitrogen and oxygen atoms in total. The molecular formula is C11H14O2. The molecule has 1 aliphatic heterocycles. The standard InChI is InChI=1S/C11H14O2/c1-7-4-5-8(2)11-10(7)12-6-9(3)13-11/h4-5,9H,6H2,1-3H3. The van der Waals surface area contributed by atoms with Crippen LogP contribution < -0.4 is 9.47 Å². The van der Waals surface area contributed by atoms with Crippen molar-refractivity contribution in [3.8, 4) is 11.5 Å². The van der Waals surface area contributed by atoms with Crippen molar-refractivity contribution < 1.29 is 9.47 Å². The highest BCUT2D eigenvalue weighted by atomic mass is 16.6. The summed E-state index contributed by atoms with van der Waals surface area (Å²) >= 11 is 0. The Morgan fingerprint density at radius 1 is 1.15 bits per heavy atom. The van der Waals surface area contributed by atoms with Crippen LogP contribution in [0.1, 0.15) is 18.1 Å². The monoisotopic (exact) mass is 178 g/mol. The lowest BCUT2D eigenvalue weighted by Crippen LogP contribution is -2.26. The van der Waals surface area contributed by atoms with Gasteiger partial charge in [0, 0.05) is 0 Å². The van der Waals surface area contributed by atoms with Crippen molar-refractivity contribution in [3.63, 3.8) is 0 Å². The summed E-state index contributed by atoms with van der Waals surface area (Å²) in [5.41, 5.74) is 2.29. The fourth-order valence-corrected chi connectivity index (χ4v) is 1.52. The maximum atomic E-state index is 5.72. The first-order valence-corrected chi connectivity index (χ1v) is 4.58. The normalized spacial score (nSPS) is 20.1. The van der Waals surface area contributed by atoms with E-state index in [9.17, 15) is 0 Å². The Morgan fingerprint density at radius 3 is 2.46 bits per heavy atom. The SMILES string of the molecule is Cc1ccc(C)c2c1OCC(C)O2. The maximum absolute atomic E-state index is 5.72. The van der Waals surface area contributed by atoms with Crippen molar-refractivity contribution in [2.75, 3.05) is 6.61 Å². The lowest BCUT2D eigenvalue weighted by Gasteiger charge is -2.26. The van der Waals surface area contributed by atoms with Crippen LogP contribution in [-0.4, -0.2) is 12.7 Å². The van der Waals surface area contributed by atoms with Gasteiger partial charge in [-0.1, -0.05) is 12.1 Å². The molecule has 0 fully saturated rings. The zero-order valence-corrected chi connectivity index (χ0v) is 8.26. The number of benzene rings is 1. The predicted octanol–water partition coefficient (Wildman–Crippen LogP) is 2.46. The van der Waals surface area contributed by atoms with Crippen LogP contribution >= 0.6 is 0 Å². The van der Waals surface area contributed by atoms with Crippen molar-refractivity contribution >= 4 is 0 Å². The van der Waals surface area contributed by atoms with Gasteiger partial charge in [0.15, 0.2) is 11.5 Å². The van der Waals surface area contributed by atoms with Gasteiger partial charge in [0.05, 0.1) is 0 Å². The van der Waals surface area contributed by atoms with E-state index in [1.54, 1.807) is 0 Å². The van der Waals surface area contributed by atoms with Crippen LogP contribution in [0.25, 0.3) is 0 Å². The zero-order chi connectivity index (χ0) is 9.42. The van der Waals surface area contributed by atoms with Gasteiger partial charge >= 0.3 is 0 Å². The highest BCUT2D eigenvalue weighted by Crippen LogP contribution is 2.37. The average molecular weight is 178 g/mol. The van der Waals surface area contributed by atoms with Crippen LogP contribution in [0.2, 0.25) is 0 Å². The minimum Gasteiger partial charge on any atom is -0.486 e. The van der Waals surface area contributed by atoms with Gasteiger partial charge in [-0.2, -0.15) is 0 Å². The van der Waals surface area contributed by atoms with E-state index in [1.807, 2.05) is 20.8 Å². The Hall–Kier alpha value is -1.18. The van der Waals surface area contributed by atoms with Crippen LogP contribution in [0.4, 0.5) is 0 Å². The van der Waals surface area contributed by atoms with Crippen molar-refractivity contribution in [2.24, 2.45) is 0 Å². The average Bonchev–Trinajstić information content (AvgIpc) is 2.12. The Morgan fingerprint density at radius 2 is 1.77 bits per heavy atom. The molecule has 1 aliphatic rings. The minimum absolute atomic E-state index is 0.160. The molecule has 0 N–H and O–H groups in total. The van der Waals surface area contributed by atoms with Crippen LogP contribution in [0, 0.1) is 13.8 Å². The Bertz CT molecular complexity index is 331. The molecule has 1 atom stereocenters. The molecule has 2 heteroatoms. The number of ether oxygens (including phenoxy) is 2. The van der Waals surface area contributed by atoms with Gasteiger partial charge in [0.1, 0.15) is 12.7 Å². The number of hydrogen-bond donors (Lipinski definition) is 0. The Kier molecular flexibility index (Phi) is 1.91. The molecule has 0 saturated carbocycles. The molecule has 70 valence electrons. The van der Waals surface area contributed by atoms with E-state index in [0.717, 1.165) is 22.6 Å². The summed E-state index contributed by atoms with van der Waals surface area (Å²) in [5.74, 6) is 1.83. The predicted molar refractivity (Wildman–Crippen MR) is 51.5 cm³/mol. The van der Waals surface area contributed by atoms with Crippen molar-refractivity contribution in [2.45, 2.75) is 26.9 Å². The van der Waals surface area contributed by atoms with Gasteiger partial charge in [-0.25, -0.2) is 0 Å². The summed E-state index contributed by atoms with van der Waals surface area (Å²) in [5, 5.41) is 0. The van der Waals surface area contributed by atoms with Gasteiger partial charge in [0.25, 0.3) is 0 Å². The molecule has 1 unspecified atom stereocenters. The van der Waals surface area contributed by atoms with Crippen molar-refractivity contribution in [3.05, 3.63) is 23.3 Å². The van der Waals surface area contributed by atoms with E-state index < -0.39 is 0 Å². The summed E-state index contributed by atoms with van der Waals surface area (Å²) < 4.78 is 11.3. The molecule has 2 rings (SSSR count). The molecule has 0 amide bonds. The maximum Gasteiger partial charge on any atom is 0.164 e. The molecule has 0 saturated heterocycles. The highest BCUT2D eigenvalue weighted by Gasteiger charge is 2.20. The van der Waals surface area contributed by atoms with Crippen LogP contribution in [0.15, 0.2) is 12.1 Å². The first kappa shape index (κ1) is 8.42. The number of aryl methyl sites for hydroxylation is 2. The third-order valence-corrected chi connectivity index (χ3v) is 2.29. The third-order valence-electron chi connectivity index (χ3n) is 2.29. The molecule has 1 heterocycles. The van der Waals surface area contributed by atoms with E-state index in [-0.39, 0.29) is 6.10 Å². The van der Waals surface area contributed by atoms with Gasteiger partial charge in [-0.05, 0) is 31.9 Å². The van der Waals surface area contributed by atoms with Crippen LogP contribution in [0.5, 0.6) is 11.5 Å². The Balaban J connectivity index is 2.51.